The number of hydrogen-bond acceptors (Lipinski definition) is 3. The van der Waals surface area contributed by atoms with Crippen LogP contribution in [0.3, 0.4) is 0 Å². The van der Waals surface area contributed by atoms with Crippen molar-refractivity contribution in [3.05, 3.63) is 84.5 Å². The molecule has 0 radical (unpaired) electrons. The zero-order valence-electron chi connectivity index (χ0n) is 13.7. The Morgan fingerprint density at radius 1 is 1.12 bits per heavy atom. The SMILES string of the molecule is O=C(/C=C/c1ccc(-n2ccnc2)cc1)Nc1ccc(CCO)cc1. The Balaban J connectivity index is 1.58. The molecule has 1 aromatic heterocycles. The molecule has 1 amide bonds. The van der Waals surface area contributed by atoms with Crippen LogP contribution in [-0.4, -0.2) is 27.2 Å². The Labute approximate surface area is 146 Å². The first kappa shape index (κ1) is 16.7. The minimum absolute atomic E-state index is 0.119. The lowest BCUT2D eigenvalue weighted by Gasteiger charge is -2.04. The van der Waals surface area contributed by atoms with Crippen molar-refractivity contribution in [2.75, 3.05) is 11.9 Å². The van der Waals surface area contributed by atoms with E-state index >= 15 is 0 Å². The molecule has 0 saturated carbocycles. The Hall–Kier alpha value is -3.18. The van der Waals surface area contributed by atoms with Crippen molar-refractivity contribution in [1.82, 2.24) is 9.55 Å². The second kappa shape index (κ2) is 8.08. The van der Waals surface area contributed by atoms with Crippen molar-refractivity contribution in [3.8, 4) is 5.69 Å². The second-order valence-electron chi connectivity index (χ2n) is 5.55. The molecule has 0 unspecified atom stereocenters. The third-order valence-electron chi connectivity index (χ3n) is 3.74. The van der Waals surface area contributed by atoms with Crippen molar-refractivity contribution >= 4 is 17.7 Å². The van der Waals surface area contributed by atoms with Gasteiger partial charge >= 0.3 is 0 Å². The highest BCUT2D eigenvalue weighted by atomic mass is 16.2. The number of rotatable bonds is 6. The summed E-state index contributed by atoms with van der Waals surface area (Å²) in [5.74, 6) is -0.186. The number of nitrogens with zero attached hydrogens (tertiary/aromatic N) is 2. The van der Waals surface area contributed by atoms with Crippen molar-refractivity contribution in [3.63, 3.8) is 0 Å². The molecule has 0 aliphatic carbocycles. The summed E-state index contributed by atoms with van der Waals surface area (Å²) in [6.45, 7) is 0.119. The highest BCUT2D eigenvalue weighted by Crippen LogP contribution is 2.12. The molecular formula is C20H19N3O2. The van der Waals surface area contributed by atoms with Crippen molar-refractivity contribution in [1.29, 1.82) is 0 Å². The van der Waals surface area contributed by atoms with Crippen LogP contribution < -0.4 is 5.32 Å². The lowest BCUT2D eigenvalue weighted by molar-refractivity contribution is -0.111. The fourth-order valence-electron chi connectivity index (χ4n) is 2.41. The first-order valence-electron chi connectivity index (χ1n) is 8.02. The molecule has 0 saturated heterocycles. The monoisotopic (exact) mass is 333 g/mol. The molecule has 126 valence electrons. The molecule has 5 heteroatoms. The van der Waals surface area contributed by atoms with Gasteiger partial charge in [-0.1, -0.05) is 24.3 Å². The Kier molecular flexibility index (Phi) is 5.39. The normalized spacial score (nSPS) is 10.9. The quantitative estimate of drug-likeness (QED) is 0.681. The number of aliphatic hydroxyl groups is 1. The summed E-state index contributed by atoms with van der Waals surface area (Å²) < 4.78 is 1.92. The van der Waals surface area contributed by atoms with Gasteiger partial charge in [0.15, 0.2) is 0 Å². The molecule has 1 heterocycles. The van der Waals surface area contributed by atoms with E-state index in [1.807, 2.05) is 59.3 Å². The molecule has 2 aromatic carbocycles. The standard InChI is InChI=1S/C20H19N3O2/c24-14-11-17-1-6-18(7-2-17)22-20(25)10-5-16-3-8-19(9-4-16)23-13-12-21-15-23/h1-10,12-13,15,24H,11,14H2,(H,22,25)/b10-5+. The van der Waals surface area contributed by atoms with Crippen LogP contribution in [0.15, 0.2) is 73.3 Å². The minimum Gasteiger partial charge on any atom is -0.396 e. The number of imidazole rings is 1. The highest BCUT2D eigenvalue weighted by Gasteiger charge is 1.99. The first-order valence-corrected chi connectivity index (χ1v) is 8.02. The van der Waals surface area contributed by atoms with Crippen LogP contribution in [0.1, 0.15) is 11.1 Å². The molecule has 3 aromatic rings. The van der Waals surface area contributed by atoms with Gasteiger partial charge in [0, 0.05) is 36.5 Å². The second-order valence-corrected chi connectivity index (χ2v) is 5.55. The maximum Gasteiger partial charge on any atom is 0.248 e. The summed E-state index contributed by atoms with van der Waals surface area (Å²) in [4.78, 5) is 16.0. The largest absolute Gasteiger partial charge is 0.396 e. The maximum absolute atomic E-state index is 12.0. The fraction of sp³-hybridized carbons (Fsp3) is 0.100. The van der Waals surface area contributed by atoms with Gasteiger partial charge in [0.05, 0.1) is 6.33 Å². The van der Waals surface area contributed by atoms with E-state index in [4.69, 9.17) is 5.11 Å². The van der Waals surface area contributed by atoms with E-state index in [0.29, 0.717) is 6.42 Å². The van der Waals surface area contributed by atoms with Crippen LogP contribution in [0, 0.1) is 0 Å². The predicted molar refractivity (Wildman–Crippen MR) is 98.5 cm³/mol. The molecule has 0 aliphatic rings. The number of hydrogen-bond donors (Lipinski definition) is 2. The summed E-state index contributed by atoms with van der Waals surface area (Å²) in [5.41, 5.74) is 3.72. The molecule has 0 aliphatic heterocycles. The first-order chi connectivity index (χ1) is 12.2. The summed E-state index contributed by atoms with van der Waals surface area (Å²) in [5, 5.41) is 11.7. The Morgan fingerprint density at radius 2 is 1.88 bits per heavy atom. The molecule has 3 rings (SSSR count). The molecular weight excluding hydrogens is 314 g/mol. The van der Waals surface area contributed by atoms with Gasteiger partial charge in [-0.05, 0) is 47.9 Å². The van der Waals surface area contributed by atoms with Crippen LogP contribution in [-0.2, 0) is 11.2 Å². The topological polar surface area (TPSA) is 67.2 Å². The third-order valence-corrected chi connectivity index (χ3v) is 3.74. The van der Waals surface area contributed by atoms with Crippen molar-refractivity contribution in [2.24, 2.45) is 0 Å². The summed E-state index contributed by atoms with van der Waals surface area (Å²) in [6.07, 6.45) is 9.24. The van der Waals surface area contributed by atoms with Gasteiger partial charge < -0.3 is 15.0 Å². The van der Waals surface area contributed by atoms with Gasteiger partial charge in [-0.2, -0.15) is 0 Å². The molecule has 0 fully saturated rings. The van der Waals surface area contributed by atoms with Gasteiger partial charge in [0.2, 0.25) is 5.91 Å². The lowest BCUT2D eigenvalue weighted by atomic mass is 10.1. The maximum atomic E-state index is 12.0. The number of carbonyl (C=O) groups is 1. The molecule has 5 nitrogen and oxygen atoms in total. The van der Waals surface area contributed by atoms with E-state index in [0.717, 1.165) is 22.5 Å². The zero-order valence-corrected chi connectivity index (χ0v) is 13.7. The van der Waals surface area contributed by atoms with Gasteiger partial charge in [0.25, 0.3) is 0 Å². The number of nitrogens with one attached hydrogen (secondary N) is 1. The minimum atomic E-state index is -0.186. The Morgan fingerprint density at radius 3 is 2.52 bits per heavy atom. The van der Waals surface area contributed by atoms with E-state index in [1.54, 1.807) is 18.6 Å². The predicted octanol–water partition coefficient (Wildman–Crippen LogP) is 3.06. The summed E-state index contributed by atoms with van der Waals surface area (Å²) in [7, 11) is 0. The van der Waals surface area contributed by atoms with Crippen LogP contribution in [0.4, 0.5) is 5.69 Å². The number of aromatic nitrogens is 2. The fourth-order valence-corrected chi connectivity index (χ4v) is 2.41. The van der Waals surface area contributed by atoms with Crippen molar-refractivity contribution in [2.45, 2.75) is 6.42 Å². The molecule has 25 heavy (non-hydrogen) atoms. The average Bonchev–Trinajstić information content (AvgIpc) is 3.17. The van der Waals surface area contributed by atoms with Crippen LogP contribution >= 0.6 is 0 Å². The number of anilines is 1. The van der Waals surface area contributed by atoms with Crippen LogP contribution in [0.2, 0.25) is 0 Å². The van der Waals surface area contributed by atoms with Gasteiger partial charge in [-0.3, -0.25) is 4.79 Å². The summed E-state index contributed by atoms with van der Waals surface area (Å²) in [6, 6.07) is 15.3. The van der Waals surface area contributed by atoms with E-state index < -0.39 is 0 Å². The van der Waals surface area contributed by atoms with E-state index in [-0.39, 0.29) is 12.5 Å². The molecule has 0 spiro atoms. The van der Waals surface area contributed by atoms with E-state index in [1.165, 1.54) is 6.08 Å². The summed E-state index contributed by atoms with van der Waals surface area (Å²) >= 11 is 0. The van der Waals surface area contributed by atoms with E-state index in [9.17, 15) is 4.79 Å². The molecule has 0 bridgehead atoms. The highest BCUT2D eigenvalue weighted by molar-refractivity contribution is 6.01. The number of benzene rings is 2. The van der Waals surface area contributed by atoms with Gasteiger partial charge in [0.1, 0.15) is 0 Å². The van der Waals surface area contributed by atoms with Crippen LogP contribution in [0.25, 0.3) is 11.8 Å². The number of carbonyl (C=O) groups excluding carboxylic acids is 1. The van der Waals surface area contributed by atoms with Crippen molar-refractivity contribution < 1.29 is 9.90 Å². The Bertz CT molecular complexity index is 836. The van der Waals surface area contributed by atoms with Gasteiger partial charge in [-0.15, -0.1) is 0 Å². The average molecular weight is 333 g/mol. The third kappa shape index (κ3) is 4.65. The smallest absolute Gasteiger partial charge is 0.248 e. The van der Waals surface area contributed by atoms with Gasteiger partial charge in [-0.25, -0.2) is 4.98 Å². The lowest BCUT2D eigenvalue weighted by Crippen LogP contribution is -2.07. The molecule has 2 N–H and O–H groups in total. The van der Waals surface area contributed by atoms with E-state index in [2.05, 4.69) is 10.3 Å². The zero-order chi connectivity index (χ0) is 17.5. The molecule has 0 atom stereocenters. The number of aliphatic hydroxyl groups excluding tert-OH is 1. The van der Waals surface area contributed by atoms with Crippen LogP contribution in [0.5, 0.6) is 0 Å². The number of amides is 1.